The first-order valence-corrected chi connectivity index (χ1v) is 4.85. The zero-order valence-electron chi connectivity index (χ0n) is 6.97. The summed E-state index contributed by atoms with van der Waals surface area (Å²) >= 11 is 3.48. The topological polar surface area (TPSA) is 18.5 Å². The highest BCUT2D eigenvalue weighted by Crippen LogP contribution is 2.32. The number of rotatable bonds is 1. The molecule has 2 aliphatic rings. The summed E-state index contributed by atoms with van der Waals surface area (Å²) in [4.78, 5) is 0. The summed E-state index contributed by atoms with van der Waals surface area (Å²) in [7, 11) is 0. The van der Waals surface area contributed by atoms with Crippen LogP contribution in [0, 0.1) is 0 Å². The Morgan fingerprint density at radius 3 is 2.58 bits per heavy atom. The molecule has 3 heteroatoms. The van der Waals surface area contributed by atoms with Crippen LogP contribution in [-0.2, 0) is 9.47 Å². The third kappa shape index (κ3) is 1.49. The van der Waals surface area contributed by atoms with Gasteiger partial charge in [0.1, 0.15) is 0 Å². The van der Waals surface area contributed by atoms with Gasteiger partial charge in [-0.3, -0.25) is 0 Å². The monoisotopic (exact) mass is 230 g/mol. The quantitative estimate of drug-likeness (QED) is 0.689. The first-order chi connectivity index (χ1) is 5.77. The number of allylic oxidation sites excluding steroid dienone is 3. The fourth-order valence-corrected chi connectivity index (χ4v) is 1.89. The minimum absolute atomic E-state index is 0.0880. The van der Waals surface area contributed by atoms with Crippen molar-refractivity contribution in [1.82, 2.24) is 0 Å². The zero-order valence-corrected chi connectivity index (χ0v) is 8.56. The first-order valence-electron chi connectivity index (χ1n) is 4.06. The van der Waals surface area contributed by atoms with Gasteiger partial charge in [-0.05, 0) is 25.0 Å². The Morgan fingerprint density at radius 1 is 1.42 bits per heavy atom. The van der Waals surface area contributed by atoms with Crippen molar-refractivity contribution in [3.05, 3.63) is 21.7 Å². The van der Waals surface area contributed by atoms with E-state index in [2.05, 4.69) is 28.9 Å². The minimum Gasteiger partial charge on any atom is -0.346 e. The molecular formula is C9H11BrO2. The second-order valence-corrected chi connectivity index (χ2v) is 3.95. The zero-order chi connectivity index (χ0) is 8.55. The SMILES string of the molecule is CC1=C(Br)C=C(C2OCCO2)C1. The van der Waals surface area contributed by atoms with E-state index in [4.69, 9.17) is 9.47 Å². The fourth-order valence-electron chi connectivity index (χ4n) is 1.45. The van der Waals surface area contributed by atoms with Crippen molar-refractivity contribution in [2.75, 3.05) is 13.2 Å². The highest BCUT2D eigenvalue weighted by atomic mass is 79.9. The van der Waals surface area contributed by atoms with Gasteiger partial charge in [0, 0.05) is 4.48 Å². The lowest BCUT2D eigenvalue weighted by atomic mass is 10.2. The van der Waals surface area contributed by atoms with Crippen molar-refractivity contribution in [2.45, 2.75) is 19.6 Å². The molecule has 2 rings (SSSR count). The molecule has 0 atom stereocenters. The lowest BCUT2D eigenvalue weighted by molar-refractivity contribution is -0.0122. The predicted octanol–water partition coefficient (Wildman–Crippen LogP) is 2.36. The van der Waals surface area contributed by atoms with E-state index in [1.54, 1.807) is 0 Å². The molecule has 0 saturated carbocycles. The molecule has 12 heavy (non-hydrogen) atoms. The molecule has 0 radical (unpaired) electrons. The van der Waals surface area contributed by atoms with Crippen molar-refractivity contribution in [1.29, 1.82) is 0 Å². The molecule has 1 heterocycles. The Morgan fingerprint density at radius 2 is 2.08 bits per heavy atom. The Kier molecular flexibility index (Phi) is 2.35. The summed E-state index contributed by atoms with van der Waals surface area (Å²) in [5, 5.41) is 0. The smallest absolute Gasteiger partial charge is 0.180 e. The maximum absolute atomic E-state index is 5.40. The van der Waals surface area contributed by atoms with Crippen LogP contribution in [0.4, 0.5) is 0 Å². The van der Waals surface area contributed by atoms with Crippen LogP contribution in [0.15, 0.2) is 21.7 Å². The van der Waals surface area contributed by atoms with Crippen LogP contribution < -0.4 is 0 Å². The molecule has 1 aliphatic carbocycles. The van der Waals surface area contributed by atoms with E-state index in [-0.39, 0.29) is 6.29 Å². The standard InChI is InChI=1S/C9H11BrO2/c1-6-4-7(5-8(6)10)9-11-2-3-12-9/h5,9H,2-4H2,1H3. The van der Waals surface area contributed by atoms with Crippen LogP contribution in [0.1, 0.15) is 13.3 Å². The van der Waals surface area contributed by atoms with Crippen molar-refractivity contribution >= 4 is 15.9 Å². The third-order valence-corrected chi connectivity index (χ3v) is 3.02. The van der Waals surface area contributed by atoms with Crippen molar-refractivity contribution in [2.24, 2.45) is 0 Å². The summed E-state index contributed by atoms with van der Waals surface area (Å²) in [6.45, 7) is 3.56. The predicted molar refractivity (Wildman–Crippen MR) is 50.0 cm³/mol. The molecule has 1 aliphatic heterocycles. The molecule has 1 saturated heterocycles. The summed E-state index contributed by atoms with van der Waals surface area (Å²) in [6.07, 6.45) is 2.99. The second kappa shape index (κ2) is 3.32. The average Bonchev–Trinajstić information content (AvgIpc) is 2.61. The van der Waals surface area contributed by atoms with Gasteiger partial charge in [-0.2, -0.15) is 0 Å². The maximum Gasteiger partial charge on any atom is 0.180 e. The lowest BCUT2D eigenvalue weighted by Gasteiger charge is -2.09. The van der Waals surface area contributed by atoms with E-state index >= 15 is 0 Å². The summed E-state index contributed by atoms with van der Waals surface area (Å²) in [5.74, 6) is 0. The van der Waals surface area contributed by atoms with Gasteiger partial charge in [0.2, 0.25) is 0 Å². The second-order valence-electron chi connectivity index (χ2n) is 3.10. The summed E-state index contributed by atoms with van der Waals surface area (Å²) < 4.78 is 12.0. The molecule has 66 valence electrons. The van der Waals surface area contributed by atoms with Gasteiger partial charge >= 0.3 is 0 Å². The van der Waals surface area contributed by atoms with E-state index in [0.717, 1.165) is 19.6 Å². The lowest BCUT2D eigenvalue weighted by Crippen LogP contribution is -2.09. The summed E-state index contributed by atoms with van der Waals surface area (Å²) in [5.41, 5.74) is 2.58. The Bertz CT molecular complexity index is 249. The Labute approximate surface area is 80.4 Å². The van der Waals surface area contributed by atoms with Gasteiger partial charge in [0.25, 0.3) is 0 Å². The number of hydrogen-bond acceptors (Lipinski definition) is 2. The molecule has 0 aromatic heterocycles. The van der Waals surface area contributed by atoms with Crippen molar-refractivity contribution in [3.8, 4) is 0 Å². The molecule has 0 bridgehead atoms. The molecule has 1 fully saturated rings. The molecule has 0 N–H and O–H groups in total. The highest BCUT2D eigenvalue weighted by molar-refractivity contribution is 9.11. The molecular weight excluding hydrogens is 220 g/mol. The highest BCUT2D eigenvalue weighted by Gasteiger charge is 2.24. The van der Waals surface area contributed by atoms with Crippen LogP contribution in [0.5, 0.6) is 0 Å². The molecule has 0 aromatic rings. The normalized spacial score (nSPS) is 25.3. The molecule has 2 nitrogen and oxygen atoms in total. The summed E-state index contributed by atoms with van der Waals surface area (Å²) in [6, 6.07) is 0. The molecule has 0 aromatic carbocycles. The van der Waals surface area contributed by atoms with E-state index in [9.17, 15) is 0 Å². The maximum atomic E-state index is 5.40. The first kappa shape index (κ1) is 8.48. The van der Waals surface area contributed by atoms with Crippen molar-refractivity contribution < 1.29 is 9.47 Å². The van der Waals surface area contributed by atoms with Gasteiger partial charge in [0.15, 0.2) is 6.29 Å². The van der Waals surface area contributed by atoms with Crippen LogP contribution in [-0.4, -0.2) is 19.5 Å². The fraction of sp³-hybridized carbons (Fsp3) is 0.556. The van der Waals surface area contributed by atoms with Gasteiger partial charge < -0.3 is 9.47 Å². The van der Waals surface area contributed by atoms with E-state index in [0.29, 0.717) is 0 Å². The van der Waals surface area contributed by atoms with Crippen molar-refractivity contribution in [3.63, 3.8) is 0 Å². The van der Waals surface area contributed by atoms with Gasteiger partial charge in [0.05, 0.1) is 13.2 Å². The molecule has 0 spiro atoms. The molecule has 0 unspecified atom stereocenters. The van der Waals surface area contributed by atoms with E-state index in [1.807, 2.05) is 0 Å². The number of hydrogen-bond donors (Lipinski definition) is 0. The van der Waals surface area contributed by atoms with Gasteiger partial charge in [-0.1, -0.05) is 21.5 Å². The van der Waals surface area contributed by atoms with E-state index < -0.39 is 0 Å². The largest absolute Gasteiger partial charge is 0.346 e. The third-order valence-electron chi connectivity index (χ3n) is 2.11. The van der Waals surface area contributed by atoms with Crippen LogP contribution in [0.25, 0.3) is 0 Å². The molecule has 0 amide bonds. The van der Waals surface area contributed by atoms with Crippen LogP contribution >= 0.6 is 15.9 Å². The van der Waals surface area contributed by atoms with Gasteiger partial charge in [-0.15, -0.1) is 0 Å². The minimum atomic E-state index is -0.0880. The Hall–Kier alpha value is -0.120. The number of halogens is 1. The number of ether oxygens (including phenoxy) is 2. The van der Waals surface area contributed by atoms with Gasteiger partial charge in [-0.25, -0.2) is 0 Å². The van der Waals surface area contributed by atoms with E-state index in [1.165, 1.54) is 15.6 Å². The Balaban J connectivity index is 2.05. The van der Waals surface area contributed by atoms with Crippen LogP contribution in [0.2, 0.25) is 0 Å². The van der Waals surface area contributed by atoms with Crippen LogP contribution in [0.3, 0.4) is 0 Å². The average molecular weight is 231 g/mol.